The van der Waals surface area contributed by atoms with Crippen LogP contribution in [-0.4, -0.2) is 56.2 Å². The molecule has 1 saturated heterocycles. The van der Waals surface area contributed by atoms with Gasteiger partial charge in [0.25, 0.3) is 0 Å². The third kappa shape index (κ3) is 3.93. The second kappa shape index (κ2) is 5.99. The fourth-order valence-corrected chi connectivity index (χ4v) is 4.10. The highest BCUT2D eigenvalue weighted by atomic mass is 32.2. The Balaban J connectivity index is 1.80. The molecule has 6 nitrogen and oxygen atoms in total. The van der Waals surface area contributed by atoms with E-state index in [1.165, 1.54) is 4.31 Å². The molecule has 1 heterocycles. The van der Waals surface area contributed by atoms with Crippen molar-refractivity contribution in [3.05, 3.63) is 0 Å². The van der Waals surface area contributed by atoms with Crippen LogP contribution in [-0.2, 0) is 19.6 Å². The van der Waals surface area contributed by atoms with E-state index in [0.29, 0.717) is 19.0 Å². The third-order valence-corrected chi connectivity index (χ3v) is 5.69. The molecule has 1 aliphatic carbocycles. The average molecular weight is 304 g/mol. The molecule has 0 bridgehead atoms. The highest BCUT2D eigenvalue weighted by Gasteiger charge is 2.39. The number of morpholine rings is 1. The van der Waals surface area contributed by atoms with E-state index in [0.717, 1.165) is 6.42 Å². The summed E-state index contributed by atoms with van der Waals surface area (Å²) in [4.78, 5) is 11.6. The molecule has 2 rings (SSSR count). The monoisotopic (exact) mass is 304 g/mol. The largest absolute Gasteiger partial charge is 0.373 e. The Hall–Kier alpha value is -0.660. The van der Waals surface area contributed by atoms with Gasteiger partial charge in [-0.1, -0.05) is 6.92 Å². The maximum atomic E-state index is 12.2. The smallest absolute Gasteiger partial charge is 0.223 e. The van der Waals surface area contributed by atoms with Crippen LogP contribution in [0.15, 0.2) is 0 Å². The lowest BCUT2D eigenvalue weighted by atomic mass is 10.3. The van der Waals surface area contributed by atoms with Crippen molar-refractivity contribution < 1.29 is 17.9 Å². The minimum absolute atomic E-state index is 0.0172. The van der Waals surface area contributed by atoms with Crippen LogP contribution in [0, 0.1) is 11.8 Å². The van der Waals surface area contributed by atoms with Crippen molar-refractivity contribution >= 4 is 15.9 Å². The van der Waals surface area contributed by atoms with E-state index < -0.39 is 10.0 Å². The topological polar surface area (TPSA) is 75.7 Å². The molecule has 0 aromatic rings. The molecule has 0 spiro atoms. The first-order chi connectivity index (χ1) is 9.29. The minimum Gasteiger partial charge on any atom is -0.373 e. The van der Waals surface area contributed by atoms with Gasteiger partial charge in [0, 0.05) is 25.6 Å². The molecule has 4 unspecified atom stereocenters. The van der Waals surface area contributed by atoms with Gasteiger partial charge in [0.2, 0.25) is 15.9 Å². The summed E-state index contributed by atoms with van der Waals surface area (Å²) in [7, 11) is -3.33. The van der Waals surface area contributed by atoms with E-state index in [4.69, 9.17) is 4.74 Å². The summed E-state index contributed by atoms with van der Waals surface area (Å²) in [5.74, 6) is 0.462. The van der Waals surface area contributed by atoms with Crippen LogP contribution in [0.5, 0.6) is 0 Å². The molecule has 1 saturated carbocycles. The predicted molar refractivity (Wildman–Crippen MR) is 75.6 cm³/mol. The highest BCUT2D eigenvalue weighted by Crippen LogP contribution is 2.37. The highest BCUT2D eigenvalue weighted by molar-refractivity contribution is 7.89. The number of rotatable bonds is 5. The number of carbonyl (C=O) groups is 1. The van der Waals surface area contributed by atoms with Crippen molar-refractivity contribution in [2.24, 2.45) is 11.8 Å². The van der Waals surface area contributed by atoms with Crippen LogP contribution in [0.3, 0.4) is 0 Å². The molecule has 1 N–H and O–H groups in total. The molecule has 2 fully saturated rings. The molecule has 1 amide bonds. The van der Waals surface area contributed by atoms with Crippen molar-refractivity contribution in [3.63, 3.8) is 0 Å². The van der Waals surface area contributed by atoms with Gasteiger partial charge in [0.15, 0.2) is 0 Å². The SMILES string of the molecule is CC1CN(S(=O)(=O)CCNC(=O)C2CC2C)CC(C)O1. The third-order valence-electron chi connectivity index (χ3n) is 3.88. The number of hydrogen-bond acceptors (Lipinski definition) is 4. The lowest BCUT2D eigenvalue weighted by molar-refractivity contribution is -0.122. The second-order valence-corrected chi connectivity index (χ2v) is 8.09. The lowest BCUT2D eigenvalue weighted by Crippen LogP contribution is -2.49. The molecule has 0 aromatic carbocycles. The predicted octanol–water partition coefficient (Wildman–Crippen LogP) is 0.198. The summed E-state index contributed by atoms with van der Waals surface area (Å²) < 4.78 is 31.5. The van der Waals surface area contributed by atoms with E-state index in [-0.39, 0.29) is 36.3 Å². The van der Waals surface area contributed by atoms with Crippen LogP contribution in [0.1, 0.15) is 27.2 Å². The standard InChI is InChI=1S/C13H24N2O4S/c1-9-6-12(9)13(16)14-4-5-20(17,18)15-7-10(2)19-11(3)8-15/h9-12H,4-8H2,1-3H3,(H,14,16). The van der Waals surface area contributed by atoms with Gasteiger partial charge in [-0.15, -0.1) is 0 Å². The molecular formula is C13H24N2O4S. The Morgan fingerprint density at radius 2 is 1.80 bits per heavy atom. The van der Waals surface area contributed by atoms with Crippen LogP contribution >= 0.6 is 0 Å². The van der Waals surface area contributed by atoms with Gasteiger partial charge in [-0.3, -0.25) is 4.79 Å². The molecule has 0 radical (unpaired) electrons. The average Bonchev–Trinajstić information content (AvgIpc) is 3.05. The zero-order valence-corrected chi connectivity index (χ0v) is 13.1. The van der Waals surface area contributed by atoms with E-state index in [2.05, 4.69) is 5.32 Å². The maximum absolute atomic E-state index is 12.2. The number of nitrogens with one attached hydrogen (secondary N) is 1. The Morgan fingerprint density at radius 3 is 2.30 bits per heavy atom. The number of nitrogens with zero attached hydrogens (tertiary/aromatic N) is 1. The van der Waals surface area contributed by atoms with E-state index in [1.54, 1.807) is 0 Å². The van der Waals surface area contributed by atoms with Crippen molar-refractivity contribution in [2.75, 3.05) is 25.4 Å². The summed E-state index contributed by atoms with van der Waals surface area (Å²) in [6.07, 6.45) is 0.739. The Labute approximate surface area is 120 Å². The van der Waals surface area contributed by atoms with Crippen molar-refractivity contribution in [1.29, 1.82) is 0 Å². The minimum atomic E-state index is -3.33. The van der Waals surface area contributed by atoms with Gasteiger partial charge in [-0.2, -0.15) is 4.31 Å². The first kappa shape index (κ1) is 15.7. The fraction of sp³-hybridized carbons (Fsp3) is 0.923. The van der Waals surface area contributed by atoms with Gasteiger partial charge in [0.05, 0.1) is 18.0 Å². The number of carbonyl (C=O) groups excluding carboxylic acids is 1. The summed E-state index contributed by atoms with van der Waals surface area (Å²) in [6, 6.07) is 0. The summed E-state index contributed by atoms with van der Waals surface area (Å²) in [5.41, 5.74) is 0. The first-order valence-electron chi connectivity index (χ1n) is 7.20. The van der Waals surface area contributed by atoms with E-state index in [9.17, 15) is 13.2 Å². The summed E-state index contributed by atoms with van der Waals surface area (Å²) in [6.45, 7) is 6.73. The fourth-order valence-electron chi connectivity index (χ4n) is 2.61. The molecule has 1 aliphatic heterocycles. The molecule has 0 aromatic heterocycles. The molecule has 4 atom stereocenters. The van der Waals surface area contributed by atoms with Crippen LogP contribution < -0.4 is 5.32 Å². The summed E-state index contributed by atoms with van der Waals surface area (Å²) in [5, 5.41) is 2.72. The van der Waals surface area contributed by atoms with Crippen LogP contribution in [0.2, 0.25) is 0 Å². The zero-order valence-electron chi connectivity index (χ0n) is 12.3. The van der Waals surface area contributed by atoms with Gasteiger partial charge in [0.1, 0.15) is 0 Å². The molecular weight excluding hydrogens is 280 g/mol. The van der Waals surface area contributed by atoms with Crippen molar-refractivity contribution in [1.82, 2.24) is 9.62 Å². The molecule has 116 valence electrons. The van der Waals surface area contributed by atoms with Gasteiger partial charge < -0.3 is 10.1 Å². The van der Waals surface area contributed by atoms with E-state index in [1.807, 2.05) is 20.8 Å². The van der Waals surface area contributed by atoms with Crippen LogP contribution in [0.4, 0.5) is 0 Å². The molecule has 2 aliphatic rings. The van der Waals surface area contributed by atoms with Gasteiger partial charge in [-0.05, 0) is 26.2 Å². The Morgan fingerprint density at radius 1 is 1.25 bits per heavy atom. The van der Waals surface area contributed by atoms with Crippen LogP contribution in [0.25, 0.3) is 0 Å². The van der Waals surface area contributed by atoms with E-state index >= 15 is 0 Å². The lowest BCUT2D eigenvalue weighted by Gasteiger charge is -2.34. The molecule has 20 heavy (non-hydrogen) atoms. The first-order valence-corrected chi connectivity index (χ1v) is 8.81. The van der Waals surface area contributed by atoms with Crippen molar-refractivity contribution in [3.8, 4) is 0 Å². The van der Waals surface area contributed by atoms with Gasteiger partial charge >= 0.3 is 0 Å². The molecule has 7 heteroatoms. The summed E-state index contributed by atoms with van der Waals surface area (Å²) >= 11 is 0. The van der Waals surface area contributed by atoms with Gasteiger partial charge in [-0.25, -0.2) is 8.42 Å². The number of sulfonamides is 1. The Bertz CT molecular complexity index is 455. The normalized spacial score (nSPS) is 34.8. The number of amides is 1. The van der Waals surface area contributed by atoms with Crippen molar-refractivity contribution in [2.45, 2.75) is 39.4 Å². The quantitative estimate of drug-likeness (QED) is 0.787. The number of ether oxygens (including phenoxy) is 1. The second-order valence-electron chi connectivity index (χ2n) is 6.00. The zero-order chi connectivity index (χ0) is 14.9. The Kier molecular flexibility index (Phi) is 4.71. The number of hydrogen-bond donors (Lipinski definition) is 1. The maximum Gasteiger partial charge on any atom is 0.223 e.